The van der Waals surface area contributed by atoms with Crippen LogP contribution in [0.25, 0.3) is 0 Å². The van der Waals surface area contributed by atoms with Crippen LogP contribution < -0.4 is 0 Å². The predicted molar refractivity (Wildman–Crippen MR) is 88.7 cm³/mol. The lowest BCUT2D eigenvalue weighted by atomic mass is 10.0. The minimum absolute atomic E-state index is 0.267. The fourth-order valence-corrected chi connectivity index (χ4v) is 4.61. The van der Waals surface area contributed by atoms with Gasteiger partial charge in [0.15, 0.2) is 5.78 Å². The first kappa shape index (κ1) is 14.4. The maximum Gasteiger partial charge on any atom is 0.179 e. The van der Waals surface area contributed by atoms with E-state index in [2.05, 4.69) is 26.0 Å². The van der Waals surface area contributed by atoms with E-state index in [9.17, 15) is 4.79 Å². The zero-order chi connectivity index (χ0) is 14.9. The van der Waals surface area contributed by atoms with E-state index in [0.29, 0.717) is 11.8 Å². The summed E-state index contributed by atoms with van der Waals surface area (Å²) < 4.78 is -0.267. The second-order valence-electron chi connectivity index (χ2n) is 6.05. The number of carbonyl (C=O) groups excluding carboxylic acids is 1. The molecule has 3 rings (SSSR count). The molecule has 0 saturated heterocycles. The van der Waals surface area contributed by atoms with Gasteiger partial charge in [0.05, 0.1) is 4.75 Å². The Bertz CT molecular complexity index is 621. The first-order valence-corrected chi connectivity index (χ1v) is 8.29. The van der Waals surface area contributed by atoms with Gasteiger partial charge in [0.2, 0.25) is 0 Å². The van der Waals surface area contributed by atoms with E-state index >= 15 is 0 Å². The largest absolute Gasteiger partial charge is 0.293 e. The molecule has 0 N–H and O–H groups in total. The molecular formula is C19H20OS. The van der Waals surface area contributed by atoms with Crippen LogP contribution in [0.2, 0.25) is 0 Å². The van der Waals surface area contributed by atoms with Crippen LogP contribution in [-0.4, -0.2) is 10.5 Å². The van der Waals surface area contributed by atoms with E-state index in [-0.39, 0.29) is 10.5 Å². The highest BCUT2D eigenvalue weighted by atomic mass is 32.2. The SMILES string of the molecule is CC(C)C1CC1(Sc1ccccc1)C(=O)c1ccccc1. The monoisotopic (exact) mass is 296 g/mol. The number of hydrogen-bond acceptors (Lipinski definition) is 2. The van der Waals surface area contributed by atoms with Crippen molar-refractivity contribution >= 4 is 17.5 Å². The third-order valence-electron chi connectivity index (χ3n) is 4.23. The van der Waals surface area contributed by atoms with Crippen molar-refractivity contribution in [2.45, 2.75) is 29.9 Å². The standard InChI is InChI=1S/C19H20OS/c1-14(2)17-13-19(17,21-16-11-7-4-8-12-16)18(20)15-9-5-3-6-10-15/h3-12,14,17H,13H2,1-2H3. The summed E-state index contributed by atoms with van der Waals surface area (Å²) in [7, 11) is 0. The van der Waals surface area contributed by atoms with Crippen LogP contribution in [0.3, 0.4) is 0 Å². The van der Waals surface area contributed by atoms with Crippen LogP contribution in [0.1, 0.15) is 30.6 Å². The lowest BCUT2D eigenvalue weighted by Crippen LogP contribution is -2.23. The van der Waals surface area contributed by atoms with E-state index in [1.54, 1.807) is 11.8 Å². The summed E-state index contributed by atoms with van der Waals surface area (Å²) in [6.07, 6.45) is 0.984. The van der Waals surface area contributed by atoms with Crippen molar-refractivity contribution in [2.24, 2.45) is 11.8 Å². The number of carbonyl (C=O) groups is 1. The molecule has 108 valence electrons. The summed E-state index contributed by atoms with van der Waals surface area (Å²) in [5.74, 6) is 1.29. The number of Topliss-reactive ketones (excluding diaryl/α,β-unsaturated/α-hetero) is 1. The number of ketones is 1. The van der Waals surface area contributed by atoms with Gasteiger partial charge in [0.1, 0.15) is 0 Å². The number of benzene rings is 2. The average Bonchev–Trinajstić information content (AvgIpc) is 3.24. The predicted octanol–water partition coefficient (Wildman–Crippen LogP) is 5.08. The van der Waals surface area contributed by atoms with Crippen LogP contribution in [-0.2, 0) is 0 Å². The smallest absolute Gasteiger partial charge is 0.179 e. The normalized spacial score (nSPS) is 24.0. The molecule has 0 heterocycles. The van der Waals surface area contributed by atoms with Crippen molar-refractivity contribution in [3.63, 3.8) is 0 Å². The Balaban J connectivity index is 1.90. The molecule has 1 aliphatic carbocycles. The molecule has 1 saturated carbocycles. The molecule has 0 radical (unpaired) electrons. The van der Waals surface area contributed by atoms with Gasteiger partial charge in [-0.15, -0.1) is 11.8 Å². The molecule has 0 spiro atoms. The maximum atomic E-state index is 13.0. The Morgan fingerprint density at radius 1 is 1.05 bits per heavy atom. The Morgan fingerprint density at radius 2 is 1.62 bits per heavy atom. The van der Waals surface area contributed by atoms with Gasteiger partial charge >= 0.3 is 0 Å². The molecule has 21 heavy (non-hydrogen) atoms. The van der Waals surface area contributed by atoms with Crippen LogP contribution in [0.15, 0.2) is 65.6 Å². The van der Waals surface area contributed by atoms with Gasteiger partial charge in [-0.05, 0) is 30.4 Å². The third kappa shape index (κ3) is 2.77. The zero-order valence-corrected chi connectivity index (χ0v) is 13.3. The van der Waals surface area contributed by atoms with E-state index in [1.165, 1.54) is 4.90 Å². The molecule has 2 aromatic carbocycles. The number of rotatable bonds is 5. The van der Waals surface area contributed by atoms with Gasteiger partial charge in [0, 0.05) is 10.5 Å². The Morgan fingerprint density at radius 3 is 2.14 bits per heavy atom. The summed E-state index contributed by atoms with van der Waals surface area (Å²) in [6, 6.07) is 20.0. The minimum Gasteiger partial charge on any atom is -0.293 e. The van der Waals surface area contributed by atoms with Gasteiger partial charge < -0.3 is 0 Å². The summed E-state index contributed by atoms with van der Waals surface area (Å²) in [4.78, 5) is 14.2. The molecular weight excluding hydrogens is 276 g/mol. The van der Waals surface area contributed by atoms with Crippen LogP contribution in [0, 0.1) is 11.8 Å². The van der Waals surface area contributed by atoms with Gasteiger partial charge in [-0.3, -0.25) is 4.79 Å². The molecule has 0 bridgehead atoms. The number of thioether (sulfide) groups is 1. The quantitative estimate of drug-likeness (QED) is 0.716. The minimum atomic E-state index is -0.267. The third-order valence-corrected chi connectivity index (χ3v) is 5.76. The summed E-state index contributed by atoms with van der Waals surface area (Å²) in [6.45, 7) is 4.44. The van der Waals surface area contributed by atoms with Gasteiger partial charge in [-0.1, -0.05) is 62.4 Å². The molecule has 2 aromatic rings. The molecule has 1 nitrogen and oxygen atoms in total. The first-order chi connectivity index (χ1) is 10.1. The fourth-order valence-electron chi connectivity index (χ4n) is 3.00. The highest BCUT2D eigenvalue weighted by molar-refractivity contribution is 8.01. The van der Waals surface area contributed by atoms with Crippen LogP contribution >= 0.6 is 11.8 Å². The molecule has 2 atom stereocenters. The summed E-state index contributed by atoms with van der Waals surface area (Å²) >= 11 is 1.75. The van der Waals surface area contributed by atoms with Crippen molar-refractivity contribution in [3.8, 4) is 0 Å². The molecule has 2 unspecified atom stereocenters. The molecule has 1 aliphatic rings. The van der Waals surface area contributed by atoms with Crippen molar-refractivity contribution in [1.29, 1.82) is 0 Å². The van der Waals surface area contributed by atoms with Crippen LogP contribution in [0.5, 0.6) is 0 Å². The van der Waals surface area contributed by atoms with Crippen molar-refractivity contribution in [2.75, 3.05) is 0 Å². The van der Waals surface area contributed by atoms with Crippen molar-refractivity contribution < 1.29 is 4.79 Å². The lowest BCUT2D eigenvalue weighted by molar-refractivity contribution is 0.0972. The molecule has 1 fully saturated rings. The van der Waals surface area contributed by atoms with E-state index in [1.807, 2.05) is 48.5 Å². The maximum absolute atomic E-state index is 13.0. The van der Waals surface area contributed by atoms with Crippen LogP contribution in [0.4, 0.5) is 0 Å². The summed E-state index contributed by atoms with van der Waals surface area (Å²) in [5, 5.41) is 0. The van der Waals surface area contributed by atoms with Gasteiger partial charge in [-0.2, -0.15) is 0 Å². The van der Waals surface area contributed by atoms with E-state index in [4.69, 9.17) is 0 Å². The Labute approximate surface area is 130 Å². The zero-order valence-electron chi connectivity index (χ0n) is 12.5. The summed E-state index contributed by atoms with van der Waals surface area (Å²) in [5.41, 5.74) is 0.837. The fraction of sp³-hybridized carbons (Fsp3) is 0.316. The first-order valence-electron chi connectivity index (χ1n) is 7.47. The van der Waals surface area contributed by atoms with E-state index in [0.717, 1.165) is 12.0 Å². The molecule has 0 aromatic heterocycles. The Kier molecular flexibility index (Phi) is 3.90. The Hall–Kier alpha value is -1.54. The van der Waals surface area contributed by atoms with Gasteiger partial charge in [-0.25, -0.2) is 0 Å². The molecule has 2 heteroatoms. The second-order valence-corrected chi connectivity index (χ2v) is 7.46. The van der Waals surface area contributed by atoms with Crippen molar-refractivity contribution in [1.82, 2.24) is 0 Å². The topological polar surface area (TPSA) is 17.1 Å². The highest BCUT2D eigenvalue weighted by Gasteiger charge is 2.61. The number of hydrogen-bond donors (Lipinski definition) is 0. The average molecular weight is 296 g/mol. The van der Waals surface area contributed by atoms with Crippen molar-refractivity contribution in [3.05, 3.63) is 66.2 Å². The van der Waals surface area contributed by atoms with Gasteiger partial charge in [0.25, 0.3) is 0 Å². The molecule has 0 aliphatic heterocycles. The molecule has 0 amide bonds. The highest BCUT2D eigenvalue weighted by Crippen LogP contribution is 2.61. The lowest BCUT2D eigenvalue weighted by Gasteiger charge is -2.18. The van der Waals surface area contributed by atoms with E-state index < -0.39 is 0 Å². The second kappa shape index (κ2) is 5.69.